The zero-order valence-electron chi connectivity index (χ0n) is 20.1. The highest BCUT2D eigenvalue weighted by atomic mass is 32.1. The van der Waals surface area contributed by atoms with Gasteiger partial charge in [-0.15, -0.1) is 11.3 Å². The lowest BCUT2D eigenvalue weighted by atomic mass is 10.1. The van der Waals surface area contributed by atoms with Crippen molar-refractivity contribution in [3.63, 3.8) is 0 Å². The molecule has 3 heterocycles. The number of fused-ring (bicyclic) bond motifs is 1. The molecule has 7 nitrogen and oxygen atoms in total. The Bertz CT molecular complexity index is 1410. The first-order valence-electron chi connectivity index (χ1n) is 11.8. The van der Waals surface area contributed by atoms with Gasteiger partial charge in [0.05, 0.1) is 26.5 Å². The van der Waals surface area contributed by atoms with Crippen LogP contribution >= 0.6 is 11.3 Å². The van der Waals surface area contributed by atoms with Gasteiger partial charge in [0, 0.05) is 35.6 Å². The number of carbonyl (C=O) groups is 1. The zero-order chi connectivity index (χ0) is 24.7. The molecule has 0 atom stereocenters. The van der Waals surface area contributed by atoms with E-state index in [0.29, 0.717) is 24.5 Å². The summed E-state index contributed by atoms with van der Waals surface area (Å²) in [6.45, 7) is 2.62. The van der Waals surface area contributed by atoms with Crippen molar-refractivity contribution in [1.29, 1.82) is 0 Å². The van der Waals surface area contributed by atoms with Crippen molar-refractivity contribution in [2.75, 3.05) is 13.7 Å². The van der Waals surface area contributed by atoms with Gasteiger partial charge in [-0.25, -0.2) is 4.98 Å². The van der Waals surface area contributed by atoms with Crippen molar-refractivity contribution >= 4 is 28.1 Å². The number of nitrogens with zero attached hydrogens (tertiary/aromatic N) is 2. The number of amides is 1. The molecule has 5 rings (SSSR count). The Balaban J connectivity index is 1.27. The fraction of sp³-hybridized carbons (Fsp3) is 0.214. The van der Waals surface area contributed by atoms with Crippen LogP contribution in [0.1, 0.15) is 32.4 Å². The van der Waals surface area contributed by atoms with Gasteiger partial charge < -0.3 is 19.5 Å². The fourth-order valence-electron chi connectivity index (χ4n) is 4.17. The third-order valence-electron chi connectivity index (χ3n) is 6.08. The first-order valence-corrected chi connectivity index (χ1v) is 12.7. The van der Waals surface area contributed by atoms with Crippen LogP contribution in [0.25, 0.3) is 10.9 Å². The molecule has 0 saturated carbocycles. The standard InChI is InChI=1S/C28H28N4O3S/c1-34-22-10-8-20(9-11-22)17-32(13-12-21-15-29-25-7-3-2-6-24(21)25)18-27-31-26(19-36-27)28(33)30-16-23-5-4-14-35-23/h2-11,14-15,19,29H,12-13,16-18H2,1H3,(H,30,33). The predicted octanol–water partition coefficient (Wildman–Crippen LogP) is 5.40. The number of hydrogen-bond donors (Lipinski definition) is 2. The van der Waals surface area contributed by atoms with Gasteiger partial charge in [0.25, 0.3) is 5.91 Å². The van der Waals surface area contributed by atoms with E-state index in [1.807, 2.05) is 29.6 Å². The van der Waals surface area contributed by atoms with Crippen molar-refractivity contribution in [3.8, 4) is 5.75 Å². The highest BCUT2D eigenvalue weighted by Crippen LogP contribution is 2.21. The summed E-state index contributed by atoms with van der Waals surface area (Å²) in [5, 5.41) is 6.84. The van der Waals surface area contributed by atoms with Crippen LogP contribution in [-0.4, -0.2) is 34.4 Å². The van der Waals surface area contributed by atoms with E-state index < -0.39 is 0 Å². The second-order valence-corrected chi connectivity index (χ2v) is 9.50. The van der Waals surface area contributed by atoms with Gasteiger partial charge in [0.2, 0.25) is 0 Å². The minimum Gasteiger partial charge on any atom is -0.497 e. The number of ether oxygens (including phenoxy) is 1. The van der Waals surface area contributed by atoms with Crippen LogP contribution in [0.4, 0.5) is 0 Å². The molecule has 0 fully saturated rings. The van der Waals surface area contributed by atoms with Crippen LogP contribution < -0.4 is 10.1 Å². The summed E-state index contributed by atoms with van der Waals surface area (Å²) in [5.41, 5.74) is 4.08. The van der Waals surface area contributed by atoms with Crippen molar-refractivity contribution in [2.45, 2.75) is 26.1 Å². The maximum absolute atomic E-state index is 12.6. The summed E-state index contributed by atoms with van der Waals surface area (Å²) in [4.78, 5) is 22.9. The van der Waals surface area contributed by atoms with E-state index in [4.69, 9.17) is 9.15 Å². The third kappa shape index (κ3) is 5.84. The highest BCUT2D eigenvalue weighted by molar-refractivity contribution is 7.09. The lowest BCUT2D eigenvalue weighted by Crippen LogP contribution is -2.26. The summed E-state index contributed by atoms with van der Waals surface area (Å²) in [6, 6.07) is 20.2. The molecule has 0 saturated heterocycles. The number of para-hydroxylation sites is 1. The van der Waals surface area contributed by atoms with Crippen LogP contribution in [0, 0.1) is 0 Å². The van der Waals surface area contributed by atoms with E-state index in [-0.39, 0.29) is 5.91 Å². The van der Waals surface area contributed by atoms with Gasteiger partial charge in [-0.2, -0.15) is 0 Å². The van der Waals surface area contributed by atoms with E-state index in [2.05, 4.69) is 56.7 Å². The Labute approximate surface area is 213 Å². The lowest BCUT2D eigenvalue weighted by molar-refractivity contribution is 0.0943. The van der Waals surface area contributed by atoms with Crippen LogP contribution in [0.15, 0.2) is 82.9 Å². The van der Waals surface area contributed by atoms with E-state index in [1.165, 1.54) is 27.8 Å². The van der Waals surface area contributed by atoms with Crippen LogP contribution in [0.2, 0.25) is 0 Å². The van der Waals surface area contributed by atoms with Crippen molar-refractivity contribution in [2.24, 2.45) is 0 Å². The number of aromatic amines is 1. The van der Waals surface area contributed by atoms with Gasteiger partial charge in [-0.1, -0.05) is 30.3 Å². The average Bonchev–Trinajstić information content (AvgIpc) is 3.68. The minimum absolute atomic E-state index is 0.200. The van der Waals surface area contributed by atoms with Crippen molar-refractivity contribution in [3.05, 3.63) is 106 Å². The number of carbonyl (C=O) groups excluding carboxylic acids is 1. The summed E-state index contributed by atoms with van der Waals surface area (Å²) < 4.78 is 10.6. The van der Waals surface area contributed by atoms with Gasteiger partial charge in [0.1, 0.15) is 22.2 Å². The molecule has 0 aliphatic rings. The van der Waals surface area contributed by atoms with E-state index in [0.717, 1.165) is 35.8 Å². The topological polar surface area (TPSA) is 83.4 Å². The molecule has 0 bridgehead atoms. The molecule has 0 aliphatic heterocycles. The molecule has 2 aromatic carbocycles. The lowest BCUT2D eigenvalue weighted by Gasteiger charge is -2.21. The SMILES string of the molecule is COc1ccc(CN(CCc2c[nH]c3ccccc23)Cc2nc(C(=O)NCc3ccco3)cs2)cc1. The molecule has 0 radical (unpaired) electrons. The first kappa shape index (κ1) is 23.8. The van der Waals surface area contributed by atoms with Gasteiger partial charge in [-0.05, 0) is 47.9 Å². The molecule has 0 unspecified atom stereocenters. The molecule has 0 aliphatic carbocycles. The molecule has 0 spiro atoms. The van der Waals surface area contributed by atoms with Gasteiger partial charge in [-0.3, -0.25) is 9.69 Å². The maximum atomic E-state index is 12.6. The zero-order valence-corrected chi connectivity index (χ0v) is 20.9. The molecule has 2 N–H and O–H groups in total. The molecular formula is C28H28N4O3S. The largest absolute Gasteiger partial charge is 0.497 e. The highest BCUT2D eigenvalue weighted by Gasteiger charge is 2.15. The van der Waals surface area contributed by atoms with Gasteiger partial charge >= 0.3 is 0 Å². The van der Waals surface area contributed by atoms with E-state index in [9.17, 15) is 4.79 Å². The molecule has 8 heteroatoms. The van der Waals surface area contributed by atoms with Crippen LogP contribution in [0.3, 0.4) is 0 Å². The Kier molecular flexibility index (Phi) is 7.44. The average molecular weight is 501 g/mol. The number of furan rings is 1. The molecular weight excluding hydrogens is 472 g/mol. The minimum atomic E-state index is -0.200. The van der Waals surface area contributed by atoms with Crippen LogP contribution in [-0.2, 0) is 26.1 Å². The molecule has 3 aromatic heterocycles. The maximum Gasteiger partial charge on any atom is 0.271 e. The molecule has 184 valence electrons. The predicted molar refractivity (Wildman–Crippen MR) is 141 cm³/mol. The number of H-pyrrole nitrogens is 1. The third-order valence-corrected chi connectivity index (χ3v) is 6.92. The Hall–Kier alpha value is -3.88. The van der Waals surface area contributed by atoms with Crippen LogP contribution in [0.5, 0.6) is 5.75 Å². The number of nitrogens with one attached hydrogen (secondary N) is 2. The number of thiazole rings is 1. The normalized spacial score (nSPS) is 11.3. The Morgan fingerprint density at radius 3 is 2.78 bits per heavy atom. The monoisotopic (exact) mass is 500 g/mol. The van der Waals surface area contributed by atoms with Crippen molar-refractivity contribution in [1.82, 2.24) is 20.2 Å². The van der Waals surface area contributed by atoms with E-state index >= 15 is 0 Å². The Morgan fingerprint density at radius 2 is 1.97 bits per heavy atom. The summed E-state index contributed by atoms with van der Waals surface area (Å²) >= 11 is 1.51. The number of aromatic nitrogens is 2. The second kappa shape index (κ2) is 11.2. The van der Waals surface area contributed by atoms with Crippen molar-refractivity contribution < 1.29 is 13.9 Å². The number of methoxy groups -OCH3 is 1. The molecule has 36 heavy (non-hydrogen) atoms. The number of hydrogen-bond acceptors (Lipinski definition) is 6. The molecule has 5 aromatic rings. The molecule has 1 amide bonds. The Morgan fingerprint density at radius 1 is 1.11 bits per heavy atom. The first-order chi connectivity index (χ1) is 17.7. The van der Waals surface area contributed by atoms with E-state index in [1.54, 1.807) is 19.4 Å². The fourth-order valence-corrected chi connectivity index (χ4v) is 4.99. The quantitative estimate of drug-likeness (QED) is 0.254. The summed E-state index contributed by atoms with van der Waals surface area (Å²) in [6.07, 6.45) is 4.60. The number of rotatable bonds is 11. The smallest absolute Gasteiger partial charge is 0.271 e. The summed E-state index contributed by atoms with van der Waals surface area (Å²) in [7, 11) is 1.67. The summed E-state index contributed by atoms with van der Waals surface area (Å²) in [5.74, 6) is 1.35. The second-order valence-electron chi connectivity index (χ2n) is 8.56. The van der Waals surface area contributed by atoms with Gasteiger partial charge in [0.15, 0.2) is 0 Å². The number of benzene rings is 2.